The van der Waals surface area contributed by atoms with Crippen molar-refractivity contribution in [2.24, 2.45) is 0 Å². The van der Waals surface area contributed by atoms with Crippen LogP contribution in [-0.2, 0) is 16.0 Å². The lowest BCUT2D eigenvalue weighted by molar-refractivity contribution is -0.123. The molecule has 0 aromatic heterocycles. The molecule has 5 heteroatoms. The second-order valence-electron chi connectivity index (χ2n) is 6.93. The van der Waals surface area contributed by atoms with E-state index < -0.39 is 0 Å². The van der Waals surface area contributed by atoms with E-state index in [4.69, 9.17) is 0 Å². The minimum atomic E-state index is -0.0998. The van der Waals surface area contributed by atoms with Crippen LogP contribution in [-0.4, -0.2) is 42.9 Å². The van der Waals surface area contributed by atoms with E-state index in [1.807, 2.05) is 61.2 Å². The lowest BCUT2D eigenvalue weighted by Gasteiger charge is -2.21. The Labute approximate surface area is 168 Å². The lowest BCUT2D eigenvalue weighted by Crippen LogP contribution is -2.41. The van der Waals surface area contributed by atoms with Crippen LogP contribution in [0, 0.1) is 0 Å². The van der Waals surface area contributed by atoms with Crippen molar-refractivity contribution in [1.82, 2.24) is 10.2 Å². The van der Waals surface area contributed by atoms with Crippen molar-refractivity contribution >= 4 is 17.5 Å². The Morgan fingerprint density at radius 1 is 0.857 bits per heavy atom. The Hall–Kier alpha value is -2.66. The highest BCUT2D eigenvalue weighted by Gasteiger charge is 2.15. The van der Waals surface area contributed by atoms with E-state index in [2.05, 4.69) is 22.8 Å². The van der Waals surface area contributed by atoms with E-state index >= 15 is 0 Å². The van der Waals surface area contributed by atoms with Crippen LogP contribution in [0.1, 0.15) is 37.8 Å². The molecule has 0 bridgehead atoms. The first-order valence-corrected chi connectivity index (χ1v) is 10.0. The van der Waals surface area contributed by atoms with Crippen molar-refractivity contribution in [3.63, 3.8) is 0 Å². The van der Waals surface area contributed by atoms with Gasteiger partial charge >= 0.3 is 0 Å². The molecule has 0 heterocycles. The lowest BCUT2D eigenvalue weighted by atomic mass is 10.0. The molecule has 0 unspecified atom stereocenters. The summed E-state index contributed by atoms with van der Waals surface area (Å²) < 4.78 is 0. The minimum Gasteiger partial charge on any atom is -0.355 e. The van der Waals surface area contributed by atoms with Crippen molar-refractivity contribution < 1.29 is 9.59 Å². The molecular weight excluding hydrogens is 350 g/mol. The third-order valence-corrected chi connectivity index (χ3v) is 4.38. The molecule has 28 heavy (non-hydrogen) atoms. The number of nitrogens with one attached hydrogen (secondary N) is 2. The third-order valence-electron chi connectivity index (χ3n) is 4.38. The standard InChI is InChI=1S/C23H31N3O2/c1-3-14-24-22(27)17-26(15-4-2)18-23(28)25-21-13-9-8-12-20(21)16-19-10-6-5-7-11-19/h5-13H,3-4,14-18H2,1-2H3,(H,24,27)(H,25,28). The SMILES string of the molecule is CCCNC(=O)CN(CCC)CC(=O)Nc1ccccc1Cc1ccccc1. The van der Waals surface area contributed by atoms with E-state index in [9.17, 15) is 9.59 Å². The predicted molar refractivity (Wildman–Crippen MR) is 114 cm³/mol. The molecule has 0 spiro atoms. The average Bonchev–Trinajstić information content (AvgIpc) is 2.69. The highest BCUT2D eigenvalue weighted by atomic mass is 16.2. The topological polar surface area (TPSA) is 61.4 Å². The van der Waals surface area contributed by atoms with Crippen LogP contribution in [0.25, 0.3) is 0 Å². The first-order valence-electron chi connectivity index (χ1n) is 10.0. The predicted octanol–water partition coefficient (Wildman–Crippen LogP) is 3.45. The second-order valence-corrected chi connectivity index (χ2v) is 6.93. The van der Waals surface area contributed by atoms with Gasteiger partial charge < -0.3 is 10.6 Å². The third kappa shape index (κ3) is 7.53. The van der Waals surface area contributed by atoms with E-state index in [0.29, 0.717) is 13.1 Å². The maximum Gasteiger partial charge on any atom is 0.238 e. The normalized spacial score (nSPS) is 10.7. The van der Waals surface area contributed by atoms with E-state index in [1.54, 1.807) is 0 Å². The second kappa shape index (κ2) is 11.9. The minimum absolute atomic E-state index is 0.0347. The van der Waals surface area contributed by atoms with Gasteiger partial charge in [-0.2, -0.15) is 0 Å². The molecule has 2 aromatic rings. The smallest absolute Gasteiger partial charge is 0.238 e. The number of anilines is 1. The molecule has 2 amide bonds. The molecule has 150 valence electrons. The fraction of sp³-hybridized carbons (Fsp3) is 0.391. The number of carbonyl (C=O) groups is 2. The summed E-state index contributed by atoms with van der Waals surface area (Å²) in [6.45, 7) is 5.88. The van der Waals surface area contributed by atoms with Gasteiger partial charge in [0, 0.05) is 12.2 Å². The number of carbonyl (C=O) groups excluding carboxylic acids is 2. The Balaban J connectivity index is 1.98. The molecule has 0 fully saturated rings. The molecule has 0 aliphatic heterocycles. The summed E-state index contributed by atoms with van der Waals surface area (Å²) in [6.07, 6.45) is 2.55. The van der Waals surface area contributed by atoms with Gasteiger partial charge in [0.2, 0.25) is 11.8 Å². The molecule has 0 saturated heterocycles. The van der Waals surface area contributed by atoms with E-state index in [1.165, 1.54) is 5.56 Å². The van der Waals surface area contributed by atoms with Gasteiger partial charge in [0.15, 0.2) is 0 Å². The zero-order valence-corrected chi connectivity index (χ0v) is 16.9. The summed E-state index contributed by atoms with van der Waals surface area (Å²) in [5.74, 6) is -0.134. The number of amides is 2. The van der Waals surface area contributed by atoms with Gasteiger partial charge in [0.05, 0.1) is 13.1 Å². The highest BCUT2D eigenvalue weighted by molar-refractivity contribution is 5.93. The summed E-state index contributed by atoms with van der Waals surface area (Å²) in [6, 6.07) is 18.1. The van der Waals surface area contributed by atoms with E-state index in [0.717, 1.165) is 30.5 Å². The molecule has 2 N–H and O–H groups in total. The Morgan fingerprint density at radius 2 is 1.54 bits per heavy atom. The molecule has 2 aromatic carbocycles. The van der Waals surface area contributed by atoms with Crippen LogP contribution < -0.4 is 10.6 Å². The van der Waals surface area contributed by atoms with Gasteiger partial charge in [-0.1, -0.05) is 62.4 Å². The summed E-state index contributed by atoms with van der Waals surface area (Å²) >= 11 is 0. The quantitative estimate of drug-likeness (QED) is 0.627. The van der Waals surface area contributed by atoms with Crippen molar-refractivity contribution in [2.75, 3.05) is 31.5 Å². The molecule has 0 radical (unpaired) electrons. The number of benzene rings is 2. The molecule has 0 aliphatic carbocycles. The molecule has 5 nitrogen and oxygen atoms in total. The largest absolute Gasteiger partial charge is 0.355 e. The van der Waals surface area contributed by atoms with Gasteiger partial charge in [-0.15, -0.1) is 0 Å². The van der Waals surface area contributed by atoms with Crippen molar-refractivity contribution in [3.8, 4) is 0 Å². The van der Waals surface area contributed by atoms with Crippen LogP contribution in [0.4, 0.5) is 5.69 Å². The highest BCUT2D eigenvalue weighted by Crippen LogP contribution is 2.19. The molecule has 2 rings (SSSR count). The first-order chi connectivity index (χ1) is 13.6. The van der Waals surface area contributed by atoms with Crippen LogP contribution >= 0.6 is 0 Å². The first kappa shape index (κ1) is 21.6. The molecule has 0 saturated carbocycles. The van der Waals surface area contributed by atoms with Gasteiger partial charge in [-0.25, -0.2) is 0 Å². The molecule has 0 atom stereocenters. The Bertz CT molecular complexity index is 747. The summed E-state index contributed by atoms with van der Waals surface area (Å²) in [4.78, 5) is 26.5. The Kier molecular flexibility index (Phi) is 9.22. The number of hydrogen-bond acceptors (Lipinski definition) is 3. The van der Waals surface area contributed by atoms with Crippen molar-refractivity contribution in [2.45, 2.75) is 33.1 Å². The number of rotatable bonds is 11. The zero-order chi connectivity index (χ0) is 20.2. The van der Waals surface area contributed by atoms with Crippen LogP contribution in [0.3, 0.4) is 0 Å². The van der Waals surface area contributed by atoms with Crippen LogP contribution in [0.15, 0.2) is 54.6 Å². The summed E-state index contributed by atoms with van der Waals surface area (Å²) in [5.41, 5.74) is 3.09. The van der Waals surface area contributed by atoms with Crippen molar-refractivity contribution in [1.29, 1.82) is 0 Å². The monoisotopic (exact) mass is 381 g/mol. The number of para-hydroxylation sites is 1. The average molecular weight is 382 g/mol. The van der Waals surface area contributed by atoms with Gasteiger partial charge in [-0.05, 0) is 43.0 Å². The van der Waals surface area contributed by atoms with Gasteiger partial charge in [0.25, 0.3) is 0 Å². The number of nitrogens with zero attached hydrogens (tertiary/aromatic N) is 1. The fourth-order valence-electron chi connectivity index (χ4n) is 3.06. The Morgan fingerprint density at radius 3 is 2.25 bits per heavy atom. The van der Waals surface area contributed by atoms with Crippen LogP contribution in [0.5, 0.6) is 0 Å². The fourth-order valence-corrected chi connectivity index (χ4v) is 3.06. The van der Waals surface area contributed by atoms with Gasteiger partial charge in [-0.3, -0.25) is 14.5 Å². The maximum atomic E-state index is 12.6. The molecular formula is C23H31N3O2. The van der Waals surface area contributed by atoms with Crippen LogP contribution in [0.2, 0.25) is 0 Å². The summed E-state index contributed by atoms with van der Waals surface area (Å²) in [7, 11) is 0. The maximum absolute atomic E-state index is 12.6. The van der Waals surface area contributed by atoms with E-state index in [-0.39, 0.29) is 24.9 Å². The number of hydrogen-bond donors (Lipinski definition) is 2. The van der Waals surface area contributed by atoms with Crippen molar-refractivity contribution in [3.05, 3.63) is 65.7 Å². The zero-order valence-electron chi connectivity index (χ0n) is 16.9. The molecule has 0 aliphatic rings. The van der Waals surface area contributed by atoms with Gasteiger partial charge in [0.1, 0.15) is 0 Å². The summed E-state index contributed by atoms with van der Waals surface area (Å²) in [5, 5.41) is 5.89.